The zero-order chi connectivity index (χ0) is 21.3. The van der Waals surface area contributed by atoms with Crippen LogP contribution in [0.4, 0.5) is 0 Å². The Balaban J connectivity index is 1.37. The third kappa shape index (κ3) is 6.39. The number of benzene rings is 1. The van der Waals surface area contributed by atoms with Crippen LogP contribution in [-0.2, 0) is 16.0 Å². The van der Waals surface area contributed by atoms with Crippen molar-refractivity contribution in [3.63, 3.8) is 0 Å². The molecule has 2 saturated heterocycles. The maximum Gasteiger partial charge on any atom is 0.236 e. The lowest BCUT2D eigenvalue weighted by atomic mass is 10.0. The number of nitrogens with zero attached hydrogens (tertiary/aromatic N) is 3. The molecule has 6 nitrogen and oxygen atoms in total. The molecule has 6 heteroatoms. The second-order valence-electron chi connectivity index (χ2n) is 8.47. The fraction of sp³-hybridized carbons (Fsp3) is 0.625. The molecule has 2 amide bonds. The van der Waals surface area contributed by atoms with Gasteiger partial charge >= 0.3 is 0 Å². The molecule has 2 heterocycles. The highest BCUT2D eigenvalue weighted by Gasteiger charge is 2.25. The summed E-state index contributed by atoms with van der Waals surface area (Å²) in [5, 5.41) is 0. The van der Waals surface area contributed by atoms with Crippen molar-refractivity contribution in [3.05, 3.63) is 35.4 Å². The van der Waals surface area contributed by atoms with Crippen LogP contribution in [0.15, 0.2) is 24.3 Å². The molecule has 3 rings (SSSR count). The predicted octanol–water partition coefficient (Wildman–Crippen LogP) is 2.76. The lowest BCUT2D eigenvalue weighted by Gasteiger charge is -2.36. The fourth-order valence-corrected chi connectivity index (χ4v) is 4.26. The Labute approximate surface area is 180 Å². The van der Waals surface area contributed by atoms with Crippen molar-refractivity contribution in [2.75, 3.05) is 45.8 Å². The number of hydrogen-bond donors (Lipinski definition) is 0. The minimum atomic E-state index is 0.0252. The summed E-state index contributed by atoms with van der Waals surface area (Å²) in [6.07, 6.45) is 6.04. The van der Waals surface area contributed by atoms with E-state index in [1.807, 2.05) is 34.1 Å². The molecule has 0 spiro atoms. The Hall–Kier alpha value is -2.21. The number of carbonyl (C=O) groups excluding carboxylic acids is 3. The number of hydrogen-bond acceptors (Lipinski definition) is 4. The van der Waals surface area contributed by atoms with Crippen LogP contribution in [0.1, 0.15) is 61.4 Å². The maximum absolute atomic E-state index is 12.5. The lowest BCUT2D eigenvalue weighted by molar-refractivity contribution is -0.135. The molecule has 0 atom stereocenters. The summed E-state index contributed by atoms with van der Waals surface area (Å²) in [7, 11) is 0. The van der Waals surface area contributed by atoms with Gasteiger partial charge in [-0.15, -0.1) is 0 Å². The van der Waals surface area contributed by atoms with Gasteiger partial charge in [0.25, 0.3) is 0 Å². The standard InChI is InChI=1S/C24H35N3O3/c1-2-6-20-7-9-21(10-8-20)22(28)11-12-23(29)27-17-15-25(16-18-27)19-24(30)26-13-4-3-5-14-26/h7-10H,2-6,11-19H2,1H3. The van der Waals surface area contributed by atoms with Crippen LogP contribution in [-0.4, -0.2) is 78.1 Å². The van der Waals surface area contributed by atoms with E-state index in [-0.39, 0.29) is 30.4 Å². The smallest absolute Gasteiger partial charge is 0.236 e. The number of Topliss-reactive ketones (excluding diaryl/α,β-unsaturated/α-hetero) is 1. The van der Waals surface area contributed by atoms with Gasteiger partial charge in [0, 0.05) is 57.7 Å². The Morgan fingerprint density at radius 1 is 0.767 bits per heavy atom. The molecule has 2 fully saturated rings. The van der Waals surface area contributed by atoms with E-state index in [1.165, 1.54) is 12.0 Å². The van der Waals surface area contributed by atoms with Crippen molar-refractivity contribution in [2.45, 2.75) is 51.9 Å². The largest absolute Gasteiger partial charge is 0.342 e. The van der Waals surface area contributed by atoms with Crippen LogP contribution in [0.3, 0.4) is 0 Å². The average molecular weight is 414 g/mol. The molecule has 0 unspecified atom stereocenters. The summed E-state index contributed by atoms with van der Waals surface area (Å²) in [5.41, 5.74) is 1.92. The summed E-state index contributed by atoms with van der Waals surface area (Å²) in [6, 6.07) is 7.75. The molecule has 0 saturated carbocycles. The highest BCUT2D eigenvalue weighted by atomic mass is 16.2. The summed E-state index contributed by atoms with van der Waals surface area (Å²) < 4.78 is 0. The van der Waals surface area contributed by atoms with Crippen molar-refractivity contribution >= 4 is 17.6 Å². The second kappa shape index (κ2) is 11.3. The Morgan fingerprint density at radius 2 is 1.40 bits per heavy atom. The number of aryl methyl sites for hydroxylation is 1. The number of likely N-dealkylation sites (tertiary alicyclic amines) is 1. The van der Waals surface area contributed by atoms with E-state index in [4.69, 9.17) is 0 Å². The fourth-order valence-electron chi connectivity index (χ4n) is 4.26. The van der Waals surface area contributed by atoms with Gasteiger partial charge in [-0.1, -0.05) is 37.6 Å². The van der Waals surface area contributed by atoms with Crippen molar-refractivity contribution in [1.29, 1.82) is 0 Å². The normalized spacial score (nSPS) is 17.8. The summed E-state index contributed by atoms with van der Waals surface area (Å²) in [4.78, 5) is 43.3. The van der Waals surface area contributed by atoms with Crippen LogP contribution >= 0.6 is 0 Å². The first kappa shape index (κ1) is 22.5. The number of piperidine rings is 1. The number of rotatable bonds is 8. The molecule has 0 aromatic heterocycles. The van der Waals surface area contributed by atoms with Crippen LogP contribution < -0.4 is 0 Å². The average Bonchev–Trinajstić information content (AvgIpc) is 2.79. The molecular weight excluding hydrogens is 378 g/mol. The summed E-state index contributed by atoms with van der Waals surface area (Å²) in [6.45, 7) is 7.05. The highest BCUT2D eigenvalue weighted by molar-refractivity contribution is 5.98. The monoisotopic (exact) mass is 413 g/mol. The molecular formula is C24H35N3O3. The third-order valence-electron chi connectivity index (χ3n) is 6.17. The van der Waals surface area contributed by atoms with Crippen molar-refractivity contribution in [3.8, 4) is 0 Å². The molecule has 1 aromatic carbocycles. The first-order chi connectivity index (χ1) is 14.6. The van der Waals surface area contributed by atoms with Gasteiger partial charge in [0.2, 0.25) is 11.8 Å². The number of ketones is 1. The quantitative estimate of drug-likeness (QED) is 0.615. The van der Waals surface area contributed by atoms with Gasteiger partial charge < -0.3 is 9.80 Å². The van der Waals surface area contributed by atoms with E-state index >= 15 is 0 Å². The number of carbonyl (C=O) groups is 3. The molecule has 0 bridgehead atoms. The predicted molar refractivity (Wildman–Crippen MR) is 117 cm³/mol. The third-order valence-corrected chi connectivity index (χ3v) is 6.17. The van der Waals surface area contributed by atoms with Gasteiger partial charge in [-0.2, -0.15) is 0 Å². The van der Waals surface area contributed by atoms with Crippen LogP contribution in [0.25, 0.3) is 0 Å². The molecule has 0 radical (unpaired) electrons. The van der Waals surface area contributed by atoms with E-state index in [1.54, 1.807) is 0 Å². The zero-order valence-corrected chi connectivity index (χ0v) is 18.3. The topological polar surface area (TPSA) is 60.9 Å². The number of piperazine rings is 1. The van der Waals surface area contributed by atoms with Gasteiger partial charge in [-0.05, 0) is 31.2 Å². The summed E-state index contributed by atoms with van der Waals surface area (Å²) in [5.74, 6) is 0.273. The van der Waals surface area contributed by atoms with Gasteiger partial charge in [-0.25, -0.2) is 0 Å². The first-order valence-electron chi connectivity index (χ1n) is 11.5. The van der Waals surface area contributed by atoms with Crippen molar-refractivity contribution < 1.29 is 14.4 Å². The molecule has 2 aliphatic heterocycles. The Morgan fingerprint density at radius 3 is 2.03 bits per heavy atom. The number of amides is 2. The van der Waals surface area contributed by atoms with E-state index in [0.29, 0.717) is 25.2 Å². The van der Waals surface area contributed by atoms with Gasteiger partial charge in [0.05, 0.1) is 6.54 Å². The molecule has 30 heavy (non-hydrogen) atoms. The summed E-state index contributed by atoms with van der Waals surface area (Å²) >= 11 is 0. The van der Waals surface area contributed by atoms with Crippen molar-refractivity contribution in [1.82, 2.24) is 14.7 Å². The molecule has 1 aromatic rings. The molecule has 164 valence electrons. The zero-order valence-electron chi connectivity index (χ0n) is 18.3. The molecule has 0 N–H and O–H groups in total. The molecule has 0 aliphatic carbocycles. The van der Waals surface area contributed by atoms with Crippen LogP contribution in [0, 0.1) is 0 Å². The second-order valence-corrected chi connectivity index (χ2v) is 8.47. The van der Waals surface area contributed by atoms with Crippen LogP contribution in [0.2, 0.25) is 0 Å². The lowest BCUT2D eigenvalue weighted by Crippen LogP contribution is -2.52. The van der Waals surface area contributed by atoms with Crippen LogP contribution in [0.5, 0.6) is 0 Å². The van der Waals surface area contributed by atoms with Gasteiger partial charge in [0.15, 0.2) is 5.78 Å². The van der Waals surface area contributed by atoms with E-state index in [0.717, 1.165) is 51.9 Å². The van der Waals surface area contributed by atoms with Crippen molar-refractivity contribution in [2.24, 2.45) is 0 Å². The van der Waals surface area contributed by atoms with Gasteiger partial charge in [0.1, 0.15) is 0 Å². The highest BCUT2D eigenvalue weighted by Crippen LogP contribution is 2.13. The Kier molecular flexibility index (Phi) is 8.43. The minimum absolute atomic E-state index is 0.0252. The molecule has 2 aliphatic rings. The van der Waals surface area contributed by atoms with E-state index in [9.17, 15) is 14.4 Å². The van der Waals surface area contributed by atoms with E-state index in [2.05, 4.69) is 11.8 Å². The van der Waals surface area contributed by atoms with Gasteiger partial charge in [-0.3, -0.25) is 19.3 Å². The Bertz CT molecular complexity index is 718. The first-order valence-corrected chi connectivity index (χ1v) is 11.5. The minimum Gasteiger partial charge on any atom is -0.342 e. The van der Waals surface area contributed by atoms with E-state index < -0.39 is 0 Å². The maximum atomic E-state index is 12.5. The SMILES string of the molecule is CCCc1ccc(C(=O)CCC(=O)N2CCN(CC(=O)N3CCCCC3)CC2)cc1.